The minimum Gasteiger partial charge on any atom is -0.458 e. The van der Waals surface area contributed by atoms with Gasteiger partial charge in [0.05, 0.1) is 34.8 Å². The van der Waals surface area contributed by atoms with Crippen molar-refractivity contribution in [2.75, 3.05) is 5.73 Å². The molecule has 1 aromatic heterocycles. The van der Waals surface area contributed by atoms with Gasteiger partial charge < -0.3 is 20.3 Å². The fourth-order valence-corrected chi connectivity index (χ4v) is 6.15. The van der Waals surface area contributed by atoms with Crippen molar-refractivity contribution in [2.45, 2.75) is 110 Å². The monoisotopic (exact) mass is 619 g/mol. The van der Waals surface area contributed by atoms with E-state index >= 15 is 0 Å². The van der Waals surface area contributed by atoms with Crippen LogP contribution in [0.1, 0.15) is 91.3 Å². The second-order valence-corrected chi connectivity index (χ2v) is 13.4. The third-order valence-electron chi connectivity index (χ3n) is 9.27. The number of alkyl halides is 3. The number of epoxide rings is 1. The van der Waals surface area contributed by atoms with Crippen molar-refractivity contribution < 1.29 is 37.3 Å². The number of carbonyl (C=O) groups excluding carboxylic acids is 2. The molecule has 8 nitrogen and oxygen atoms in total. The molecule has 11 heteroatoms. The molecule has 6 atom stereocenters. The van der Waals surface area contributed by atoms with Gasteiger partial charge in [-0.05, 0) is 74.9 Å². The number of cyclic esters (lactones) is 1. The normalized spacial score (nSPS) is 30.9. The zero-order valence-electron chi connectivity index (χ0n) is 26.3. The lowest BCUT2D eigenvalue weighted by Crippen LogP contribution is -2.39. The van der Waals surface area contributed by atoms with E-state index in [0.717, 1.165) is 30.0 Å². The highest BCUT2D eigenvalue weighted by Gasteiger charge is 2.52. The smallest absolute Gasteiger partial charge is 0.418 e. The summed E-state index contributed by atoms with van der Waals surface area (Å²) in [4.78, 5) is 26.4. The fraction of sp³-hybridized carbons (Fsp3) is 0.606. The average Bonchev–Trinajstić information content (AvgIpc) is 3.34. The number of hydrogen-bond donors (Lipinski definition) is 2. The molecule has 0 spiro atoms. The van der Waals surface area contributed by atoms with E-state index in [1.54, 1.807) is 39.8 Å². The van der Waals surface area contributed by atoms with Gasteiger partial charge in [0.25, 0.3) is 0 Å². The van der Waals surface area contributed by atoms with Gasteiger partial charge in [-0.3, -0.25) is 9.59 Å². The molecule has 0 bridgehead atoms. The molecule has 2 aliphatic rings. The number of halogens is 3. The number of anilines is 1. The molecule has 3 N–H and O–H groups in total. The van der Waals surface area contributed by atoms with Crippen LogP contribution in [0, 0.1) is 17.3 Å². The maximum absolute atomic E-state index is 13.7. The van der Waals surface area contributed by atoms with E-state index in [9.17, 15) is 27.9 Å². The Hall–Kier alpha value is -3.18. The van der Waals surface area contributed by atoms with Crippen LogP contribution in [0.5, 0.6) is 0 Å². The van der Waals surface area contributed by atoms with Crippen molar-refractivity contribution in [3.8, 4) is 5.69 Å². The molecule has 0 amide bonds. The number of hydrogen-bond acceptors (Lipinski definition) is 7. The van der Waals surface area contributed by atoms with Crippen molar-refractivity contribution in [3.05, 3.63) is 47.3 Å². The summed E-state index contributed by atoms with van der Waals surface area (Å²) in [5.74, 6) is -1.20. The summed E-state index contributed by atoms with van der Waals surface area (Å²) in [5, 5.41) is 15.2. The van der Waals surface area contributed by atoms with E-state index in [2.05, 4.69) is 5.10 Å². The first-order chi connectivity index (χ1) is 20.4. The molecule has 0 radical (unpaired) electrons. The third-order valence-corrected chi connectivity index (χ3v) is 9.27. The van der Waals surface area contributed by atoms with Crippen LogP contribution in [0.25, 0.3) is 11.8 Å². The van der Waals surface area contributed by atoms with Crippen LogP contribution in [0.4, 0.5) is 18.9 Å². The number of aromatic nitrogens is 2. The molecule has 0 saturated carbocycles. The minimum atomic E-state index is -4.62. The SMILES string of the molecule is C/C(=C\c1ccn(-c2ccc(N)cc2C(F)(F)F)n1)[C@@H]1C[C@@H]2O[C@]2(C)CCC[C@H](C)[C@H](O)[C@@H](C)C(=O)C(C)(C)CCC(=O)O1. The van der Waals surface area contributed by atoms with Gasteiger partial charge in [0.1, 0.15) is 11.9 Å². The topological polar surface area (TPSA) is 120 Å². The summed E-state index contributed by atoms with van der Waals surface area (Å²) in [5.41, 5.74) is 4.37. The Morgan fingerprint density at radius 1 is 1.16 bits per heavy atom. The predicted molar refractivity (Wildman–Crippen MR) is 161 cm³/mol. The zero-order chi connectivity index (χ0) is 32.6. The number of aliphatic hydroxyl groups excluding tert-OH is 1. The van der Waals surface area contributed by atoms with Crippen LogP contribution in [0.3, 0.4) is 0 Å². The van der Waals surface area contributed by atoms with Crippen molar-refractivity contribution in [2.24, 2.45) is 17.3 Å². The molecule has 4 rings (SSSR count). The van der Waals surface area contributed by atoms with E-state index in [1.165, 1.54) is 18.3 Å². The molecule has 2 aromatic rings. The van der Waals surface area contributed by atoms with Crippen molar-refractivity contribution in [1.29, 1.82) is 0 Å². The van der Waals surface area contributed by atoms with Crippen molar-refractivity contribution in [3.63, 3.8) is 0 Å². The van der Waals surface area contributed by atoms with Crippen LogP contribution >= 0.6 is 0 Å². The zero-order valence-corrected chi connectivity index (χ0v) is 26.3. The van der Waals surface area contributed by atoms with Crippen LogP contribution in [0.2, 0.25) is 0 Å². The molecule has 0 unspecified atom stereocenters. The number of Topliss-reactive ketones (excluding diaryl/α,β-unsaturated/α-hetero) is 1. The number of carbonyl (C=O) groups is 2. The van der Waals surface area contributed by atoms with Gasteiger partial charge >= 0.3 is 12.1 Å². The van der Waals surface area contributed by atoms with Gasteiger partial charge in [0.15, 0.2) is 0 Å². The lowest BCUT2D eigenvalue weighted by Gasteiger charge is -2.31. The number of nitrogens with zero attached hydrogens (tertiary/aromatic N) is 2. The first-order valence-corrected chi connectivity index (χ1v) is 15.2. The molecule has 242 valence electrons. The molecule has 3 heterocycles. The number of nitrogen functional groups attached to an aromatic ring is 1. The summed E-state index contributed by atoms with van der Waals surface area (Å²) in [6.45, 7) is 11.1. The van der Waals surface area contributed by atoms with Crippen LogP contribution in [0.15, 0.2) is 36.0 Å². The van der Waals surface area contributed by atoms with Gasteiger partial charge in [0, 0.05) is 36.1 Å². The number of esters is 1. The number of nitrogens with two attached hydrogens (primary N) is 1. The molecule has 2 saturated heterocycles. The Kier molecular flexibility index (Phi) is 9.71. The molecular formula is C33H44F3N3O5. The van der Waals surface area contributed by atoms with Gasteiger partial charge in [0.2, 0.25) is 0 Å². The molecule has 2 fully saturated rings. The molecular weight excluding hydrogens is 575 g/mol. The largest absolute Gasteiger partial charge is 0.458 e. The van der Waals surface area contributed by atoms with E-state index in [4.69, 9.17) is 15.2 Å². The lowest BCUT2D eigenvalue weighted by molar-refractivity contribution is -0.149. The number of fused-ring (bicyclic) bond motifs is 1. The number of ketones is 1. The average molecular weight is 620 g/mol. The maximum Gasteiger partial charge on any atom is 0.418 e. The second kappa shape index (κ2) is 12.7. The Morgan fingerprint density at radius 2 is 1.86 bits per heavy atom. The van der Waals surface area contributed by atoms with E-state index < -0.39 is 46.9 Å². The predicted octanol–water partition coefficient (Wildman–Crippen LogP) is 6.53. The van der Waals surface area contributed by atoms with Gasteiger partial charge in [-0.2, -0.15) is 18.3 Å². The fourth-order valence-electron chi connectivity index (χ4n) is 6.15. The Labute approximate surface area is 256 Å². The van der Waals surface area contributed by atoms with Crippen LogP contribution < -0.4 is 5.73 Å². The Morgan fingerprint density at radius 3 is 2.55 bits per heavy atom. The Bertz CT molecular complexity index is 1400. The van der Waals surface area contributed by atoms with Gasteiger partial charge in [-0.15, -0.1) is 0 Å². The summed E-state index contributed by atoms with van der Waals surface area (Å²) in [7, 11) is 0. The number of benzene rings is 1. The minimum absolute atomic E-state index is 0.00492. The maximum atomic E-state index is 13.7. The lowest BCUT2D eigenvalue weighted by atomic mass is 9.74. The highest BCUT2D eigenvalue weighted by atomic mass is 19.4. The molecule has 44 heavy (non-hydrogen) atoms. The van der Waals surface area contributed by atoms with Crippen LogP contribution in [-0.4, -0.2) is 50.6 Å². The first kappa shape index (κ1) is 33.7. The second-order valence-electron chi connectivity index (χ2n) is 13.4. The van der Waals surface area contributed by atoms with Crippen molar-refractivity contribution >= 4 is 23.5 Å². The first-order valence-electron chi connectivity index (χ1n) is 15.2. The third kappa shape index (κ3) is 7.72. The summed E-state index contributed by atoms with van der Waals surface area (Å²) >= 11 is 0. The molecule has 2 aliphatic heterocycles. The van der Waals surface area contributed by atoms with Crippen molar-refractivity contribution in [1.82, 2.24) is 9.78 Å². The highest BCUT2D eigenvalue weighted by molar-refractivity contribution is 5.87. The van der Waals surface area contributed by atoms with E-state index in [0.29, 0.717) is 17.7 Å². The number of rotatable bonds is 3. The summed E-state index contributed by atoms with van der Waals surface area (Å²) < 4.78 is 54.2. The van der Waals surface area contributed by atoms with Gasteiger partial charge in [-0.25, -0.2) is 4.68 Å². The highest BCUT2D eigenvalue weighted by Crippen LogP contribution is 2.45. The quantitative estimate of drug-likeness (QED) is 0.228. The number of aliphatic hydroxyl groups is 1. The molecule has 1 aromatic carbocycles. The standard InChI is InChI=1S/C33H44F3N3O5/c1-19-8-7-13-32(6)27(44-32)18-26(43-28(40)11-14-31(4,5)30(42)21(3)29(19)41)20(2)16-23-12-15-39(38-23)25-10-9-22(37)17-24(25)33(34,35)36/h9-10,12,15-17,19,21,26-27,29,41H,7-8,11,13-14,18,37H2,1-6H3/b20-16+/t19-,21+,26-,27-,29-,32+/m0/s1. The van der Waals surface area contributed by atoms with Gasteiger partial charge in [-0.1, -0.05) is 34.1 Å². The van der Waals surface area contributed by atoms with E-state index in [1.807, 2.05) is 13.8 Å². The summed E-state index contributed by atoms with van der Waals surface area (Å²) in [6.07, 6.45) is -0.113. The number of ether oxygens (including phenoxy) is 2. The Balaban J connectivity index is 1.58. The summed E-state index contributed by atoms with van der Waals surface area (Å²) in [6, 6.07) is 5.12. The van der Waals surface area contributed by atoms with Crippen LogP contribution in [-0.2, 0) is 25.2 Å². The van der Waals surface area contributed by atoms with E-state index in [-0.39, 0.29) is 42.0 Å². The molecule has 0 aliphatic carbocycles.